The molecule has 0 unspecified atom stereocenters. The monoisotopic (exact) mass is 308 g/mol. The fraction of sp³-hybridized carbons (Fsp3) is 0.263. The van der Waals surface area contributed by atoms with Crippen LogP contribution in [0.1, 0.15) is 37.0 Å². The molecule has 0 saturated carbocycles. The van der Waals surface area contributed by atoms with Crippen LogP contribution in [-0.4, -0.2) is 21.9 Å². The van der Waals surface area contributed by atoms with E-state index in [4.69, 9.17) is 4.74 Å². The van der Waals surface area contributed by atoms with E-state index in [9.17, 15) is 4.79 Å². The maximum atomic E-state index is 11.5. The van der Waals surface area contributed by atoms with E-state index in [0.29, 0.717) is 5.56 Å². The predicted molar refractivity (Wildman–Crippen MR) is 91.5 cm³/mol. The number of Topliss-reactive ketones (excluding diaryl/α,β-unsaturated/α-hetero) is 1. The number of imidazole rings is 1. The van der Waals surface area contributed by atoms with Crippen molar-refractivity contribution >= 4 is 16.8 Å². The topological polar surface area (TPSA) is 44.1 Å². The summed E-state index contributed by atoms with van der Waals surface area (Å²) in [5.41, 5.74) is 3.50. The summed E-state index contributed by atoms with van der Waals surface area (Å²) in [7, 11) is 0. The van der Waals surface area contributed by atoms with Gasteiger partial charge in [-0.05, 0) is 55.8 Å². The van der Waals surface area contributed by atoms with Crippen molar-refractivity contribution in [1.82, 2.24) is 9.55 Å². The van der Waals surface area contributed by atoms with Crippen LogP contribution in [0.4, 0.5) is 0 Å². The Morgan fingerprint density at radius 1 is 1.17 bits per heavy atom. The highest BCUT2D eigenvalue weighted by molar-refractivity contribution is 5.97. The van der Waals surface area contributed by atoms with Crippen LogP contribution < -0.4 is 4.74 Å². The Morgan fingerprint density at radius 2 is 1.96 bits per heavy atom. The molecule has 0 N–H and O–H groups in total. The zero-order valence-electron chi connectivity index (χ0n) is 13.5. The molecule has 23 heavy (non-hydrogen) atoms. The van der Waals surface area contributed by atoms with Crippen LogP contribution in [-0.2, 0) is 0 Å². The zero-order valence-corrected chi connectivity index (χ0v) is 13.5. The lowest BCUT2D eigenvalue weighted by atomic mass is 10.1. The number of fused-ring (bicyclic) bond motifs is 1. The van der Waals surface area contributed by atoms with Gasteiger partial charge in [0, 0.05) is 11.3 Å². The third kappa shape index (κ3) is 3.26. The predicted octanol–water partition coefficient (Wildman–Crippen LogP) is 4.41. The highest BCUT2D eigenvalue weighted by Crippen LogP contribution is 2.22. The number of benzene rings is 2. The van der Waals surface area contributed by atoms with Gasteiger partial charge in [-0.3, -0.25) is 9.36 Å². The summed E-state index contributed by atoms with van der Waals surface area (Å²) in [6.45, 7) is 4.46. The Hall–Kier alpha value is -2.62. The first-order valence-electron chi connectivity index (χ1n) is 7.90. The average molecular weight is 308 g/mol. The van der Waals surface area contributed by atoms with Gasteiger partial charge in [-0.15, -0.1) is 0 Å². The summed E-state index contributed by atoms with van der Waals surface area (Å²) in [6.07, 6.45) is 3.97. The second kappa shape index (κ2) is 6.65. The van der Waals surface area contributed by atoms with Crippen LogP contribution in [0.15, 0.2) is 48.8 Å². The van der Waals surface area contributed by atoms with Crippen molar-refractivity contribution in [2.75, 3.05) is 6.61 Å². The van der Waals surface area contributed by atoms with Gasteiger partial charge in [0.05, 0.1) is 17.6 Å². The second-order valence-electron chi connectivity index (χ2n) is 5.57. The molecule has 0 fully saturated rings. The quantitative estimate of drug-likeness (QED) is 0.500. The van der Waals surface area contributed by atoms with Gasteiger partial charge in [-0.1, -0.05) is 13.3 Å². The number of unbranched alkanes of at least 4 members (excludes halogenated alkanes) is 1. The number of aromatic nitrogens is 2. The lowest BCUT2D eigenvalue weighted by Gasteiger charge is -2.08. The van der Waals surface area contributed by atoms with Gasteiger partial charge in [0.15, 0.2) is 5.78 Å². The van der Waals surface area contributed by atoms with E-state index in [0.717, 1.165) is 41.9 Å². The molecule has 0 bridgehead atoms. The SMILES string of the molecule is CCCCOc1ccc(-n2cnc3cc(C(C)=O)ccc32)cc1. The molecular formula is C19H20N2O2. The number of carbonyl (C=O) groups is 1. The molecule has 1 aromatic heterocycles. The molecular weight excluding hydrogens is 288 g/mol. The van der Waals surface area contributed by atoms with E-state index in [1.54, 1.807) is 13.3 Å². The van der Waals surface area contributed by atoms with Gasteiger partial charge < -0.3 is 4.74 Å². The normalized spacial score (nSPS) is 10.9. The molecule has 3 rings (SSSR count). The molecule has 0 radical (unpaired) electrons. The molecule has 3 aromatic rings. The van der Waals surface area contributed by atoms with E-state index in [-0.39, 0.29) is 5.78 Å². The van der Waals surface area contributed by atoms with Crippen LogP contribution >= 0.6 is 0 Å². The molecule has 2 aromatic carbocycles. The Labute approximate surface area is 135 Å². The van der Waals surface area contributed by atoms with Gasteiger partial charge in [-0.2, -0.15) is 0 Å². The van der Waals surface area contributed by atoms with Crippen molar-refractivity contribution in [3.8, 4) is 11.4 Å². The van der Waals surface area contributed by atoms with Crippen LogP contribution in [0, 0.1) is 0 Å². The Balaban J connectivity index is 1.86. The van der Waals surface area contributed by atoms with Crippen LogP contribution in [0.3, 0.4) is 0 Å². The molecule has 0 saturated heterocycles. The molecule has 4 heteroatoms. The van der Waals surface area contributed by atoms with Crippen molar-refractivity contribution in [3.63, 3.8) is 0 Å². The highest BCUT2D eigenvalue weighted by Gasteiger charge is 2.07. The van der Waals surface area contributed by atoms with E-state index >= 15 is 0 Å². The summed E-state index contributed by atoms with van der Waals surface area (Å²) in [6, 6.07) is 13.6. The molecule has 0 amide bonds. The number of nitrogens with zero attached hydrogens (tertiary/aromatic N) is 2. The Morgan fingerprint density at radius 3 is 2.65 bits per heavy atom. The number of ketones is 1. The van der Waals surface area contributed by atoms with Crippen molar-refractivity contribution in [1.29, 1.82) is 0 Å². The molecule has 0 aliphatic heterocycles. The van der Waals surface area contributed by atoms with Crippen molar-refractivity contribution < 1.29 is 9.53 Å². The van der Waals surface area contributed by atoms with Gasteiger partial charge in [0.2, 0.25) is 0 Å². The number of ether oxygens (including phenoxy) is 1. The number of carbonyl (C=O) groups excluding carboxylic acids is 1. The molecule has 0 spiro atoms. The smallest absolute Gasteiger partial charge is 0.159 e. The van der Waals surface area contributed by atoms with E-state index in [1.807, 2.05) is 47.0 Å². The minimum atomic E-state index is 0.0510. The minimum absolute atomic E-state index is 0.0510. The number of hydrogen-bond donors (Lipinski definition) is 0. The zero-order chi connectivity index (χ0) is 16.2. The highest BCUT2D eigenvalue weighted by atomic mass is 16.5. The second-order valence-corrected chi connectivity index (χ2v) is 5.57. The fourth-order valence-electron chi connectivity index (χ4n) is 2.47. The van der Waals surface area contributed by atoms with Gasteiger partial charge in [0.25, 0.3) is 0 Å². The Bertz CT molecular complexity index is 819. The van der Waals surface area contributed by atoms with E-state index in [2.05, 4.69) is 11.9 Å². The molecule has 1 heterocycles. The van der Waals surface area contributed by atoms with Crippen molar-refractivity contribution in [2.45, 2.75) is 26.7 Å². The van der Waals surface area contributed by atoms with Crippen LogP contribution in [0.2, 0.25) is 0 Å². The van der Waals surface area contributed by atoms with Gasteiger partial charge >= 0.3 is 0 Å². The number of rotatable bonds is 6. The summed E-state index contributed by atoms with van der Waals surface area (Å²) in [5, 5.41) is 0. The number of hydrogen-bond acceptors (Lipinski definition) is 3. The van der Waals surface area contributed by atoms with Gasteiger partial charge in [0.1, 0.15) is 12.1 Å². The molecule has 0 aliphatic rings. The van der Waals surface area contributed by atoms with Crippen molar-refractivity contribution in [3.05, 3.63) is 54.4 Å². The first-order valence-corrected chi connectivity index (χ1v) is 7.90. The molecule has 0 atom stereocenters. The molecule has 0 aliphatic carbocycles. The minimum Gasteiger partial charge on any atom is -0.494 e. The summed E-state index contributed by atoms with van der Waals surface area (Å²) < 4.78 is 7.69. The fourth-order valence-corrected chi connectivity index (χ4v) is 2.47. The summed E-state index contributed by atoms with van der Waals surface area (Å²) in [5.74, 6) is 0.931. The summed E-state index contributed by atoms with van der Waals surface area (Å²) in [4.78, 5) is 15.9. The van der Waals surface area contributed by atoms with Gasteiger partial charge in [-0.25, -0.2) is 4.98 Å². The average Bonchev–Trinajstić information content (AvgIpc) is 2.99. The third-order valence-corrected chi connectivity index (χ3v) is 3.84. The third-order valence-electron chi connectivity index (χ3n) is 3.84. The molecule has 118 valence electrons. The Kier molecular flexibility index (Phi) is 4.42. The maximum absolute atomic E-state index is 11.5. The van der Waals surface area contributed by atoms with Crippen LogP contribution in [0.5, 0.6) is 5.75 Å². The molecule has 4 nitrogen and oxygen atoms in total. The lowest BCUT2D eigenvalue weighted by molar-refractivity contribution is 0.101. The largest absolute Gasteiger partial charge is 0.494 e. The van der Waals surface area contributed by atoms with E-state index < -0.39 is 0 Å². The maximum Gasteiger partial charge on any atom is 0.159 e. The van der Waals surface area contributed by atoms with Crippen LogP contribution in [0.25, 0.3) is 16.7 Å². The summed E-state index contributed by atoms with van der Waals surface area (Å²) >= 11 is 0. The van der Waals surface area contributed by atoms with Crippen molar-refractivity contribution in [2.24, 2.45) is 0 Å². The van der Waals surface area contributed by atoms with E-state index in [1.165, 1.54) is 0 Å². The standard InChI is InChI=1S/C19H20N2O2/c1-3-4-11-23-17-8-6-16(7-9-17)21-13-20-18-12-15(14(2)22)5-10-19(18)21/h5-10,12-13H,3-4,11H2,1-2H3. The lowest BCUT2D eigenvalue weighted by Crippen LogP contribution is -1.97. The first-order chi connectivity index (χ1) is 11.2. The first kappa shape index (κ1) is 15.3.